The zero-order valence-electron chi connectivity index (χ0n) is 5.72. The molecule has 0 radical (unpaired) electrons. The number of nitrogens with two attached hydrogens (primary N) is 1. The molecule has 0 spiro atoms. The Bertz CT molecular complexity index is 241. The zero-order valence-corrected chi connectivity index (χ0v) is 5.72. The summed E-state index contributed by atoms with van der Waals surface area (Å²) in [5.41, 5.74) is 6.16. The van der Waals surface area contributed by atoms with Gasteiger partial charge in [0.05, 0.1) is 6.33 Å². The number of H-pyrrole nitrogens is 1. The van der Waals surface area contributed by atoms with Crippen molar-refractivity contribution in [3.63, 3.8) is 0 Å². The third kappa shape index (κ3) is 1.00. The molecular formula is C6H9N3O. The lowest BCUT2D eigenvalue weighted by Crippen LogP contribution is -2.13. The van der Waals surface area contributed by atoms with Gasteiger partial charge in [-0.25, -0.2) is 4.98 Å². The average molecular weight is 139 g/mol. The number of hydrogen-bond donors (Lipinski definition) is 2. The normalized spacial score (nSPS) is 9.70. The summed E-state index contributed by atoms with van der Waals surface area (Å²) in [6.45, 7) is 1.93. The molecule has 0 unspecified atom stereocenters. The Labute approximate surface area is 58.5 Å². The first-order valence-corrected chi connectivity index (χ1v) is 3.07. The highest BCUT2D eigenvalue weighted by Gasteiger charge is 2.07. The van der Waals surface area contributed by atoms with E-state index in [2.05, 4.69) is 9.97 Å². The summed E-state index contributed by atoms with van der Waals surface area (Å²) in [7, 11) is 0. The van der Waals surface area contributed by atoms with Crippen molar-refractivity contribution in [2.45, 2.75) is 13.3 Å². The highest BCUT2D eigenvalue weighted by atomic mass is 16.1. The predicted molar refractivity (Wildman–Crippen MR) is 36.5 cm³/mol. The van der Waals surface area contributed by atoms with Crippen LogP contribution in [0.15, 0.2) is 6.33 Å². The Morgan fingerprint density at radius 3 is 3.00 bits per heavy atom. The third-order valence-electron chi connectivity index (χ3n) is 1.31. The number of nitrogens with one attached hydrogen (secondary N) is 1. The first-order valence-electron chi connectivity index (χ1n) is 3.07. The number of carbonyl (C=O) groups is 1. The van der Waals surface area contributed by atoms with Crippen LogP contribution in [0.1, 0.15) is 23.1 Å². The minimum atomic E-state index is -0.474. The van der Waals surface area contributed by atoms with E-state index in [-0.39, 0.29) is 0 Å². The lowest BCUT2D eigenvalue weighted by atomic mass is 10.2. The minimum absolute atomic E-state index is 0.350. The summed E-state index contributed by atoms with van der Waals surface area (Å²) in [4.78, 5) is 17.2. The van der Waals surface area contributed by atoms with Crippen LogP contribution in [0.25, 0.3) is 0 Å². The smallest absolute Gasteiger partial charge is 0.269 e. The monoisotopic (exact) mass is 139 g/mol. The van der Waals surface area contributed by atoms with Crippen molar-refractivity contribution >= 4 is 5.91 Å². The first kappa shape index (κ1) is 6.80. The van der Waals surface area contributed by atoms with Gasteiger partial charge in [-0.2, -0.15) is 0 Å². The lowest BCUT2D eigenvalue weighted by molar-refractivity contribution is 0.0995. The standard InChI is InChI=1S/C6H9N3O/c1-2-4-5(6(7)10)9-3-8-4/h3H,2H2,1H3,(H2,7,10)(H,8,9). The van der Waals surface area contributed by atoms with E-state index >= 15 is 0 Å². The second-order valence-corrected chi connectivity index (χ2v) is 1.95. The second-order valence-electron chi connectivity index (χ2n) is 1.95. The van der Waals surface area contributed by atoms with Gasteiger partial charge in [-0.15, -0.1) is 0 Å². The molecule has 1 heterocycles. The maximum absolute atomic E-state index is 10.6. The third-order valence-corrected chi connectivity index (χ3v) is 1.31. The number of hydrogen-bond acceptors (Lipinski definition) is 2. The van der Waals surface area contributed by atoms with Crippen LogP contribution >= 0.6 is 0 Å². The van der Waals surface area contributed by atoms with Crippen LogP contribution in [-0.2, 0) is 6.42 Å². The minimum Gasteiger partial charge on any atom is -0.364 e. The van der Waals surface area contributed by atoms with Crippen molar-refractivity contribution in [2.75, 3.05) is 0 Å². The van der Waals surface area contributed by atoms with Crippen LogP contribution in [0.2, 0.25) is 0 Å². The molecule has 0 aliphatic heterocycles. The van der Waals surface area contributed by atoms with E-state index < -0.39 is 5.91 Å². The number of aromatic amines is 1. The molecule has 4 heteroatoms. The van der Waals surface area contributed by atoms with Gasteiger partial charge in [-0.1, -0.05) is 6.92 Å². The van der Waals surface area contributed by atoms with E-state index in [0.29, 0.717) is 5.69 Å². The number of carbonyl (C=O) groups excluding carboxylic acids is 1. The van der Waals surface area contributed by atoms with Crippen LogP contribution < -0.4 is 5.73 Å². The molecule has 0 bridgehead atoms. The maximum atomic E-state index is 10.6. The summed E-state index contributed by atoms with van der Waals surface area (Å²) < 4.78 is 0. The number of amides is 1. The van der Waals surface area contributed by atoms with E-state index in [1.54, 1.807) is 0 Å². The van der Waals surface area contributed by atoms with Crippen LogP contribution in [0.3, 0.4) is 0 Å². The Kier molecular flexibility index (Phi) is 1.71. The first-order chi connectivity index (χ1) is 4.75. The fourth-order valence-corrected chi connectivity index (χ4v) is 0.803. The Morgan fingerprint density at radius 1 is 1.90 bits per heavy atom. The molecule has 54 valence electrons. The lowest BCUT2D eigenvalue weighted by Gasteiger charge is -1.91. The van der Waals surface area contributed by atoms with E-state index in [1.807, 2.05) is 6.92 Å². The molecule has 1 rings (SSSR count). The predicted octanol–water partition coefficient (Wildman–Crippen LogP) is 0.0710. The summed E-state index contributed by atoms with van der Waals surface area (Å²) in [5.74, 6) is -0.474. The molecule has 10 heavy (non-hydrogen) atoms. The van der Waals surface area contributed by atoms with Crippen molar-refractivity contribution in [3.8, 4) is 0 Å². The fraction of sp³-hybridized carbons (Fsp3) is 0.333. The number of imidazole rings is 1. The molecule has 0 atom stereocenters. The topological polar surface area (TPSA) is 71.8 Å². The van der Waals surface area contributed by atoms with Gasteiger partial charge in [0.1, 0.15) is 5.69 Å². The van der Waals surface area contributed by atoms with Gasteiger partial charge in [0.2, 0.25) is 0 Å². The largest absolute Gasteiger partial charge is 0.364 e. The van der Waals surface area contributed by atoms with Crippen molar-refractivity contribution in [1.29, 1.82) is 0 Å². The van der Waals surface area contributed by atoms with Crippen molar-refractivity contribution in [3.05, 3.63) is 17.7 Å². The molecule has 1 aromatic rings. The highest BCUT2D eigenvalue weighted by molar-refractivity contribution is 5.91. The van der Waals surface area contributed by atoms with Gasteiger partial charge in [0.25, 0.3) is 5.91 Å². The van der Waals surface area contributed by atoms with Gasteiger partial charge in [-0.05, 0) is 6.42 Å². The fourth-order valence-electron chi connectivity index (χ4n) is 0.803. The number of aromatic nitrogens is 2. The van der Waals surface area contributed by atoms with Crippen molar-refractivity contribution < 1.29 is 4.79 Å². The molecule has 1 aromatic heterocycles. The quantitative estimate of drug-likeness (QED) is 0.608. The number of rotatable bonds is 2. The molecule has 0 fully saturated rings. The SMILES string of the molecule is CCc1[nH]cnc1C(N)=O. The molecule has 3 N–H and O–H groups in total. The van der Waals surface area contributed by atoms with Gasteiger partial charge in [0, 0.05) is 5.69 Å². The Hall–Kier alpha value is -1.32. The van der Waals surface area contributed by atoms with Gasteiger partial charge in [0.15, 0.2) is 0 Å². The molecule has 4 nitrogen and oxygen atoms in total. The number of aryl methyl sites for hydroxylation is 1. The van der Waals surface area contributed by atoms with Crippen molar-refractivity contribution in [2.24, 2.45) is 5.73 Å². The Morgan fingerprint density at radius 2 is 2.60 bits per heavy atom. The Balaban J connectivity index is 3.01. The van der Waals surface area contributed by atoms with Crippen molar-refractivity contribution in [1.82, 2.24) is 9.97 Å². The van der Waals surface area contributed by atoms with Crippen LogP contribution in [0, 0.1) is 0 Å². The van der Waals surface area contributed by atoms with Crippen LogP contribution in [0.4, 0.5) is 0 Å². The van der Waals surface area contributed by atoms with E-state index in [0.717, 1.165) is 12.1 Å². The maximum Gasteiger partial charge on any atom is 0.269 e. The molecule has 1 amide bonds. The zero-order chi connectivity index (χ0) is 7.56. The second kappa shape index (κ2) is 2.51. The summed E-state index contributed by atoms with van der Waals surface area (Å²) in [5, 5.41) is 0. The number of nitrogens with zero attached hydrogens (tertiary/aromatic N) is 1. The van der Waals surface area contributed by atoms with Crippen LogP contribution in [0.5, 0.6) is 0 Å². The molecule has 0 aromatic carbocycles. The number of primary amides is 1. The summed E-state index contributed by atoms with van der Waals surface area (Å²) in [6.07, 6.45) is 2.22. The van der Waals surface area contributed by atoms with Gasteiger partial charge < -0.3 is 10.7 Å². The van der Waals surface area contributed by atoms with Gasteiger partial charge >= 0.3 is 0 Å². The van der Waals surface area contributed by atoms with E-state index in [1.165, 1.54) is 6.33 Å². The molecular weight excluding hydrogens is 130 g/mol. The summed E-state index contributed by atoms with van der Waals surface area (Å²) >= 11 is 0. The highest BCUT2D eigenvalue weighted by Crippen LogP contribution is 2.00. The summed E-state index contributed by atoms with van der Waals surface area (Å²) in [6, 6.07) is 0. The van der Waals surface area contributed by atoms with Gasteiger partial charge in [-0.3, -0.25) is 4.79 Å². The molecule has 0 saturated carbocycles. The molecule has 0 aliphatic carbocycles. The van der Waals surface area contributed by atoms with E-state index in [4.69, 9.17) is 5.73 Å². The van der Waals surface area contributed by atoms with E-state index in [9.17, 15) is 4.79 Å². The van der Waals surface area contributed by atoms with Crippen LogP contribution in [-0.4, -0.2) is 15.9 Å². The molecule has 0 saturated heterocycles. The molecule has 0 aliphatic rings. The average Bonchev–Trinajstić information content (AvgIpc) is 2.33.